The minimum Gasteiger partial charge on any atom is -0.394 e. The second kappa shape index (κ2) is 51.2. The molecular formula is C65H125NO13. The van der Waals surface area contributed by atoms with Gasteiger partial charge in [-0.2, -0.15) is 0 Å². The highest BCUT2D eigenvalue weighted by Gasteiger charge is 2.51. The molecule has 2 heterocycles. The van der Waals surface area contributed by atoms with E-state index in [2.05, 4.69) is 19.2 Å². The van der Waals surface area contributed by atoms with Gasteiger partial charge in [0.05, 0.1) is 32.0 Å². The maximum Gasteiger partial charge on any atom is 0.220 e. The number of amides is 1. The molecule has 2 aliphatic rings. The van der Waals surface area contributed by atoms with Crippen LogP contribution in [0.25, 0.3) is 0 Å². The molecule has 14 nitrogen and oxygen atoms in total. The molecule has 0 aliphatic carbocycles. The Balaban J connectivity index is 1.71. The molecule has 2 saturated heterocycles. The van der Waals surface area contributed by atoms with Gasteiger partial charge in [-0.15, -0.1) is 0 Å². The molecule has 0 aromatic carbocycles. The summed E-state index contributed by atoms with van der Waals surface area (Å²) in [7, 11) is 0. The molecule has 468 valence electrons. The third-order valence-electron chi connectivity index (χ3n) is 16.7. The van der Waals surface area contributed by atoms with Crippen LogP contribution in [0.4, 0.5) is 0 Å². The van der Waals surface area contributed by atoms with Crippen LogP contribution < -0.4 is 5.32 Å². The standard InChI is InChI=1S/C65H125NO13/c1-3-5-7-9-11-13-15-17-19-21-23-25-26-27-29-30-32-34-36-38-40-42-44-46-48-54(69)53(52-76-64-62(75)60(73)63(56(51-68)78-64)79-65-61(74)59(72)58(71)55(50-67)77-65)66-57(70)49-47-45-43-41-39-37-35-33-31-28-24-22-20-18-16-14-12-10-8-6-4-2/h46,48,53-56,58-65,67-69,71-75H,3-45,47,49-52H2,1-2H3,(H,66,70)/b48-46+. The molecular weight excluding hydrogens is 1000 g/mol. The van der Waals surface area contributed by atoms with Crippen molar-refractivity contribution in [3.63, 3.8) is 0 Å². The Hall–Kier alpha value is -1.27. The fourth-order valence-corrected chi connectivity index (χ4v) is 11.4. The average molecular weight is 1130 g/mol. The summed E-state index contributed by atoms with van der Waals surface area (Å²) in [5.41, 5.74) is 0. The van der Waals surface area contributed by atoms with Crippen molar-refractivity contribution in [1.82, 2.24) is 5.32 Å². The van der Waals surface area contributed by atoms with Gasteiger partial charge >= 0.3 is 0 Å². The van der Waals surface area contributed by atoms with Crippen LogP contribution in [0.5, 0.6) is 0 Å². The number of unbranched alkanes of at least 4 members (excludes halogenated alkanes) is 42. The molecule has 0 aromatic rings. The third kappa shape index (κ3) is 36.2. The molecule has 0 bridgehead atoms. The topological polar surface area (TPSA) is 228 Å². The molecule has 1 amide bonds. The number of hydrogen-bond acceptors (Lipinski definition) is 13. The van der Waals surface area contributed by atoms with Crippen molar-refractivity contribution in [3.05, 3.63) is 12.2 Å². The normalized spacial score (nSPS) is 24.4. The number of allylic oxidation sites excluding steroid dienone is 1. The summed E-state index contributed by atoms with van der Waals surface area (Å²) in [5.74, 6) is -0.232. The molecule has 14 heteroatoms. The highest BCUT2D eigenvalue weighted by atomic mass is 16.7. The van der Waals surface area contributed by atoms with Crippen LogP contribution in [-0.2, 0) is 23.7 Å². The lowest BCUT2D eigenvalue weighted by Gasteiger charge is -2.46. The summed E-state index contributed by atoms with van der Waals surface area (Å²) in [4.78, 5) is 13.3. The summed E-state index contributed by atoms with van der Waals surface area (Å²) in [6.07, 6.45) is 44.0. The van der Waals surface area contributed by atoms with Crippen molar-refractivity contribution in [3.8, 4) is 0 Å². The zero-order valence-electron chi connectivity index (χ0n) is 50.6. The predicted molar refractivity (Wildman–Crippen MR) is 319 cm³/mol. The second-order valence-electron chi connectivity index (χ2n) is 24.0. The van der Waals surface area contributed by atoms with Gasteiger partial charge in [-0.1, -0.05) is 289 Å². The molecule has 12 atom stereocenters. The molecule has 12 unspecified atom stereocenters. The number of aliphatic hydroxyl groups excluding tert-OH is 8. The van der Waals surface area contributed by atoms with E-state index in [1.54, 1.807) is 6.08 Å². The van der Waals surface area contributed by atoms with E-state index in [1.807, 2.05) is 6.08 Å². The Bertz CT molecular complexity index is 1380. The minimum atomic E-state index is -1.79. The molecule has 0 radical (unpaired) electrons. The van der Waals surface area contributed by atoms with E-state index >= 15 is 0 Å². The van der Waals surface area contributed by atoms with Crippen LogP contribution in [0.2, 0.25) is 0 Å². The molecule has 2 aliphatic heterocycles. The average Bonchev–Trinajstić information content (AvgIpc) is 3.47. The van der Waals surface area contributed by atoms with Crippen molar-refractivity contribution < 1.29 is 64.6 Å². The maximum atomic E-state index is 13.3. The van der Waals surface area contributed by atoms with Gasteiger partial charge in [0.15, 0.2) is 12.6 Å². The lowest BCUT2D eigenvalue weighted by molar-refractivity contribution is -0.359. The maximum absolute atomic E-state index is 13.3. The van der Waals surface area contributed by atoms with Gasteiger partial charge in [0.1, 0.15) is 48.8 Å². The van der Waals surface area contributed by atoms with E-state index in [0.717, 1.165) is 38.5 Å². The first-order valence-electron chi connectivity index (χ1n) is 33.4. The van der Waals surface area contributed by atoms with Gasteiger partial charge in [0, 0.05) is 6.42 Å². The van der Waals surface area contributed by atoms with Gasteiger partial charge < -0.3 is 65.1 Å². The SMILES string of the molecule is CCCCCCCCCCCCCCCCCCCCCCCC/C=C/C(O)C(COC1OC(CO)C(OC2OC(CO)C(O)C(O)C2O)C(O)C1O)NC(=O)CCCCCCCCCCCCCCCCCCCCCCC. The Morgan fingerprint density at radius 2 is 0.785 bits per heavy atom. The van der Waals surface area contributed by atoms with Crippen molar-refractivity contribution >= 4 is 5.91 Å². The molecule has 2 fully saturated rings. The Kier molecular flexibility index (Phi) is 47.8. The number of hydrogen-bond donors (Lipinski definition) is 9. The van der Waals surface area contributed by atoms with Crippen molar-refractivity contribution in [2.24, 2.45) is 0 Å². The summed E-state index contributed by atoms with van der Waals surface area (Å²) in [6.45, 7) is 2.85. The fourth-order valence-electron chi connectivity index (χ4n) is 11.4. The van der Waals surface area contributed by atoms with E-state index in [0.29, 0.717) is 6.42 Å². The summed E-state index contributed by atoms with van der Waals surface area (Å²) in [6, 6.07) is -0.910. The van der Waals surface area contributed by atoms with E-state index in [9.17, 15) is 45.6 Å². The highest BCUT2D eigenvalue weighted by molar-refractivity contribution is 5.76. The summed E-state index contributed by atoms with van der Waals surface area (Å²) < 4.78 is 22.8. The smallest absolute Gasteiger partial charge is 0.220 e. The number of carbonyl (C=O) groups excluding carboxylic acids is 1. The monoisotopic (exact) mass is 1130 g/mol. The number of ether oxygens (including phenoxy) is 4. The van der Waals surface area contributed by atoms with Gasteiger partial charge in [-0.05, 0) is 19.3 Å². The molecule has 79 heavy (non-hydrogen) atoms. The van der Waals surface area contributed by atoms with E-state index in [4.69, 9.17) is 18.9 Å². The van der Waals surface area contributed by atoms with Crippen LogP contribution >= 0.6 is 0 Å². The Morgan fingerprint density at radius 3 is 1.16 bits per heavy atom. The zero-order valence-corrected chi connectivity index (χ0v) is 50.6. The molecule has 9 N–H and O–H groups in total. The first-order valence-corrected chi connectivity index (χ1v) is 33.4. The molecule has 2 rings (SSSR count). The summed E-state index contributed by atoms with van der Waals surface area (Å²) >= 11 is 0. The van der Waals surface area contributed by atoms with Crippen LogP contribution in [0, 0.1) is 0 Å². The van der Waals surface area contributed by atoms with E-state index in [-0.39, 0.29) is 18.9 Å². The van der Waals surface area contributed by atoms with Crippen molar-refractivity contribution in [2.75, 3.05) is 19.8 Å². The second-order valence-corrected chi connectivity index (χ2v) is 24.0. The first-order chi connectivity index (χ1) is 38.6. The van der Waals surface area contributed by atoms with Gasteiger partial charge in [-0.3, -0.25) is 4.79 Å². The quantitative estimate of drug-likeness (QED) is 0.0204. The predicted octanol–water partition coefficient (Wildman–Crippen LogP) is 12.6. The number of aliphatic hydroxyl groups is 8. The van der Waals surface area contributed by atoms with Gasteiger partial charge in [0.2, 0.25) is 5.91 Å². The van der Waals surface area contributed by atoms with Gasteiger partial charge in [0.25, 0.3) is 0 Å². The number of rotatable bonds is 55. The van der Waals surface area contributed by atoms with Crippen LogP contribution in [0.3, 0.4) is 0 Å². The van der Waals surface area contributed by atoms with Gasteiger partial charge in [-0.25, -0.2) is 0 Å². The van der Waals surface area contributed by atoms with Crippen molar-refractivity contribution in [1.29, 1.82) is 0 Å². The lowest BCUT2D eigenvalue weighted by Crippen LogP contribution is -2.65. The number of carbonyl (C=O) groups is 1. The number of nitrogens with one attached hydrogen (secondary N) is 1. The Morgan fingerprint density at radius 1 is 0.443 bits per heavy atom. The van der Waals surface area contributed by atoms with E-state index in [1.165, 1.54) is 238 Å². The zero-order chi connectivity index (χ0) is 57.4. The fraction of sp³-hybridized carbons (Fsp3) is 0.954. The van der Waals surface area contributed by atoms with E-state index < -0.39 is 86.8 Å². The minimum absolute atomic E-state index is 0.232. The molecule has 0 spiro atoms. The molecule has 0 aromatic heterocycles. The largest absolute Gasteiger partial charge is 0.394 e. The van der Waals surface area contributed by atoms with Crippen LogP contribution in [0.15, 0.2) is 12.2 Å². The Labute approximate surface area is 482 Å². The molecule has 0 saturated carbocycles. The van der Waals surface area contributed by atoms with Crippen molar-refractivity contribution in [2.45, 2.75) is 376 Å². The highest BCUT2D eigenvalue weighted by Crippen LogP contribution is 2.30. The third-order valence-corrected chi connectivity index (χ3v) is 16.7. The lowest BCUT2D eigenvalue weighted by atomic mass is 9.97. The van der Waals surface area contributed by atoms with Crippen LogP contribution in [-0.4, -0.2) is 140 Å². The first kappa shape index (κ1) is 73.8. The summed E-state index contributed by atoms with van der Waals surface area (Å²) in [5, 5.41) is 87.3. The van der Waals surface area contributed by atoms with Crippen LogP contribution in [0.1, 0.15) is 303 Å².